The van der Waals surface area contributed by atoms with Gasteiger partial charge in [0.05, 0.1) is 5.54 Å². The number of hydrogen-bond donors (Lipinski definition) is 3. The highest BCUT2D eigenvalue weighted by molar-refractivity contribution is 5.88. The van der Waals surface area contributed by atoms with Crippen molar-refractivity contribution < 1.29 is 19.1 Å². The van der Waals surface area contributed by atoms with Crippen molar-refractivity contribution >= 4 is 17.5 Å². The number of nitrogens with zero attached hydrogens (tertiary/aromatic N) is 2. The fourth-order valence-corrected chi connectivity index (χ4v) is 3.27. The third-order valence-electron chi connectivity index (χ3n) is 4.87. The third kappa shape index (κ3) is 3.91. The van der Waals surface area contributed by atoms with E-state index in [0.717, 1.165) is 5.69 Å². The van der Waals surface area contributed by atoms with E-state index in [1.807, 2.05) is 6.07 Å². The topological polar surface area (TPSA) is 84.9 Å². The van der Waals surface area contributed by atoms with Crippen molar-refractivity contribution in [3.8, 4) is 0 Å². The van der Waals surface area contributed by atoms with Crippen LogP contribution in [0, 0.1) is 5.82 Å². The lowest BCUT2D eigenvalue weighted by molar-refractivity contribution is -0.132. The largest absolute Gasteiger partial charge is 0.368 e. The van der Waals surface area contributed by atoms with E-state index in [2.05, 4.69) is 15.5 Å². The first-order valence-corrected chi connectivity index (χ1v) is 8.42. The number of hydrogen-bond acceptors (Lipinski definition) is 5. The minimum absolute atomic E-state index is 0.0175. The van der Waals surface area contributed by atoms with Gasteiger partial charge in [0.25, 0.3) is 0 Å². The zero-order valence-corrected chi connectivity index (χ0v) is 14.2. The summed E-state index contributed by atoms with van der Waals surface area (Å²) in [6, 6.07) is 6.44. The van der Waals surface area contributed by atoms with Gasteiger partial charge in [-0.3, -0.25) is 14.9 Å². The first-order valence-electron chi connectivity index (χ1n) is 8.42. The molecule has 7 nitrogen and oxygen atoms in total. The summed E-state index contributed by atoms with van der Waals surface area (Å²) >= 11 is 0. The van der Waals surface area contributed by atoms with Gasteiger partial charge in [-0.25, -0.2) is 4.39 Å². The van der Waals surface area contributed by atoms with E-state index in [0.29, 0.717) is 32.6 Å². The molecule has 0 radical (unpaired) electrons. The summed E-state index contributed by atoms with van der Waals surface area (Å²) in [5, 5.41) is 14.6. The van der Waals surface area contributed by atoms with Crippen LogP contribution in [-0.4, -0.2) is 59.9 Å². The summed E-state index contributed by atoms with van der Waals surface area (Å²) in [5.41, 5.74) is -0.112. The lowest BCUT2D eigenvalue weighted by Gasteiger charge is -2.36. The quantitative estimate of drug-likeness (QED) is 0.712. The summed E-state index contributed by atoms with van der Waals surface area (Å²) in [6.07, 6.45) is -0.523. The van der Waals surface area contributed by atoms with E-state index < -0.39 is 11.9 Å². The van der Waals surface area contributed by atoms with Crippen LogP contribution in [0.25, 0.3) is 0 Å². The fraction of sp³-hybridized carbons (Fsp3) is 0.529. The smallest absolute Gasteiger partial charge is 0.243 e. The predicted octanol–water partition coefficient (Wildman–Crippen LogP) is 0.00850. The van der Waals surface area contributed by atoms with Crippen molar-refractivity contribution in [2.24, 2.45) is 0 Å². The van der Waals surface area contributed by atoms with Crippen LogP contribution in [0.3, 0.4) is 0 Å². The van der Waals surface area contributed by atoms with Crippen molar-refractivity contribution in [2.45, 2.75) is 31.7 Å². The highest BCUT2D eigenvalue weighted by Gasteiger charge is 2.41. The number of carbonyl (C=O) groups excluding carboxylic acids is 2. The Balaban J connectivity index is 1.49. The lowest BCUT2D eigenvalue weighted by atomic mass is 9.96. The minimum Gasteiger partial charge on any atom is -0.368 e. The van der Waals surface area contributed by atoms with Crippen LogP contribution in [0.15, 0.2) is 24.3 Å². The van der Waals surface area contributed by atoms with Gasteiger partial charge in [-0.05, 0) is 31.5 Å². The van der Waals surface area contributed by atoms with Gasteiger partial charge >= 0.3 is 0 Å². The van der Waals surface area contributed by atoms with Gasteiger partial charge in [-0.1, -0.05) is 6.07 Å². The van der Waals surface area contributed by atoms with Gasteiger partial charge in [-0.2, -0.15) is 0 Å². The maximum absolute atomic E-state index is 13.3. The summed E-state index contributed by atoms with van der Waals surface area (Å²) in [4.78, 5) is 28.1. The van der Waals surface area contributed by atoms with Crippen LogP contribution in [-0.2, 0) is 9.59 Å². The highest BCUT2D eigenvalue weighted by atomic mass is 19.1. The number of aliphatic hydroxyl groups excluding tert-OH is 1. The van der Waals surface area contributed by atoms with Crippen LogP contribution in [0.1, 0.15) is 19.8 Å². The molecular formula is C17H23FN4O3. The normalized spacial score (nSPS) is 26.7. The molecule has 2 fully saturated rings. The van der Waals surface area contributed by atoms with Crippen LogP contribution < -0.4 is 15.5 Å². The molecule has 2 aliphatic heterocycles. The predicted molar refractivity (Wildman–Crippen MR) is 90.1 cm³/mol. The lowest BCUT2D eigenvalue weighted by Crippen LogP contribution is -2.50. The Labute approximate surface area is 145 Å². The molecule has 2 saturated heterocycles. The van der Waals surface area contributed by atoms with Crippen molar-refractivity contribution in [1.29, 1.82) is 0 Å². The fourth-order valence-electron chi connectivity index (χ4n) is 3.27. The molecule has 2 aliphatic rings. The molecule has 2 heterocycles. The number of piperazine rings is 1. The molecule has 0 aromatic heterocycles. The van der Waals surface area contributed by atoms with E-state index in [9.17, 15) is 19.1 Å². The molecule has 1 aromatic rings. The molecule has 25 heavy (non-hydrogen) atoms. The second kappa shape index (κ2) is 6.97. The van der Waals surface area contributed by atoms with Crippen LogP contribution >= 0.6 is 0 Å². The Morgan fingerprint density at radius 1 is 1.36 bits per heavy atom. The molecule has 1 aromatic carbocycles. The average molecular weight is 350 g/mol. The Kier molecular flexibility index (Phi) is 4.91. The number of rotatable bonds is 4. The zero-order chi connectivity index (χ0) is 18.0. The summed E-state index contributed by atoms with van der Waals surface area (Å²) in [6.45, 7) is 4.09. The standard InChI is InChI=1S/C17H23FN4O3/c1-17(15(24)19-16(25)20-17)6-5-14(23)22-9-7-21(8-10-22)13-4-2-3-12(18)11-13/h2-4,11,16,20,25H,5-10H2,1H3,(H,19,24). The number of carbonyl (C=O) groups is 2. The number of nitrogens with one attached hydrogen (secondary N) is 2. The average Bonchev–Trinajstić information content (AvgIpc) is 2.85. The SMILES string of the molecule is CC1(CCC(=O)N2CCN(c3cccc(F)c3)CC2)NC(O)NC1=O. The van der Waals surface area contributed by atoms with Crippen LogP contribution in [0.2, 0.25) is 0 Å². The molecule has 0 bridgehead atoms. The summed E-state index contributed by atoms with van der Waals surface area (Å²) < 4.78 is 13.3. The van der Waals surface area contributed by atoms with Gasteiger partial charge in [-0.15, -0.1) is 0 Å². The van der Waals surface area contributed by atoms with Crippen LogP contribution in [0.5, 0.6) is 0 Å². The number of anilines is 1. The van der Waals surface area contributed by atoms with Crippen molar-refractivity contribution in [1.82, 2.24) is 15.5 Å². The van der Waals surface area contributed by atoms with E-state index >= 15 is 0 Å². The number of amides is 2. The highest BCUT2D eigenvalue weighted by Crippen LogP contribution is 2.20. The van der Waals surface area contributed by atoms with Crippen molar-refractivity contribution in [3.63, 3.8) is 0 Å². The number of halogens is 1. The summed E-state index contributed by atoms with van der Waals surface area (Å²) in [7, 11) is 0. The molecule has 3 N–H and O–H groups in total. The van der Waals surface area contributed by atoms with Gasteiger partial charge in [0.2, 0.25) is 11.8 Å². The first-order chi connectivity index (χ1) is 11.9. The minimum atomic E-state index is -1.07. The Morgan fingerprint density at radius 2 is 2.08 bits per heavy atom. The first kappa shape index (κ1) is 17.6. The van der Waals surface area contributed by atoms with E-state index in [-0.39, 0.29) is 24.1 Å². The second-order valence-electron chi connectivity index (χ2n) is 6.70. The maximum Gasteiger partial charge on any atom is 0.243 e. The molecule has 0 saturated carbocycles. The number of benzene rings is 1. The van der Waals surface area contributed by atoms with Crippen LogP contribution in [0.4, 0.5) is 10.1 Å². The van der Waals surface area contributed by atoms with Gasteiger partial charge in [0.15, 0.2) is 6.35 Å². The molecule has 0 aliphatic carbocycles. The number of aliphatic hydroxyl groups is 1. The van der Waals surface area contributed by atoms with Crippen molar-refractivity contribution in [3.05, 3.63) is 30.1 Å². The van der Waals surface area contributed by atoms with Gasteiger partial charge < -0.3 is 20.2 Å². The zero-order valence-electron chi connectivity index (χ0n) is 14.2. The molecule has 2 amide bonds. The summed E-state index contributed by atoms with van der Waals surface area (Å²) in [5.74, 6) is -0.589. The Bertz CT molecular complexity index is 663. The second-order valence-corrected chi connectivity index (χ2v) is 6.70. The third-order valence-corrected chi connectivity index (χ3v) is 4.87. The maximum atomic E-state index is 13.3. The van der Waals surface area contributed by atoms with Gasteiger partial charge in [0, 0.05) is 38.3 Å². The van der Waals surface area contributed by atoms with E-state index in [1.165, 1.54) is 12.1 Å². The Morgan fingerprint density at radius 3 is 2.68 bits per heavy atom. The molecule has 0 spiro atoms. The van der Waals surface area contributed by atoms with Crippen molar-refractivity contribution in [2.75, 3.05) is 31.1 Å². The Hall–Kier alpha value is -2.19. The van der Waals surface area contributed by atoms with Gasteiger partial charge in [0.1, 0.15) is 5.82 Å². The van der Waals surface area contributed by atoms with E-state index in [1.54, 1.807) is 17.9 Å². The molecule has 8 heteroatoms. The molecule has 3 rings (SSSR count). The molecule has 2 atom stereocenters. The van der Waals surface area contributed by atoms with E-state index in [4.69, 9.17) is 0 Å². The molecule has 2 unspecified atom stereocenters. The molecule has 136 valence electrons. The molecular weight excluding hydrogens is 327 g/mol. The monoisotopic (exact) mass is 350 g/mol.